The van der Waals surface area contributed by atoms with Crippen molar-refractivity contribution in [3.63, 3.8) is 0 Å². The molecule has 1 aliphatic heterocycles. The van der Waals surface area contributed by atoms with E-state index in [9.17, 15) is 0 Å². The fourth-order valence-electron chi connectivity index (χ4n) is 4.30. The van der Waals surface area contributed by atoms with E-state index in [4.69, 9.17) is 20.6 Å². The monoisotopic (exact) mass is 510 g/mol. The van der Waals surface area contributed by atoms with Crippen molar-refractivity contribution in [2.75, 3.05) is 0 Å². The second-order valence-electron chi connectivity index (χ2n) is 9.40. The summed E-state index contributed by atoms with van der Waals surface area (Å²) in [4.78, 5) is 0. The van der Waals surface area contributed by atoms with Gasteiger partial charge in [-0.2, -0.15) is 0 Å². The van der Waals surface area contributed by atoms with Crippen molar-refractivity contribution in [3.05, 3.63) is 0 Å². The van der Waals surface area contributed by atoms with Crippen LogP contribution in [0.1, 0.15) is 101 Å². The van der Waals surface area contributed by atoms with Gasteiger partial charge >= 0.3 is 26.4 Å². The van der Waals surface area contributed by atoms with Crippen LogP contribution in [-0.4, -0.2) is 46.4 Å². The second kappa shape index (κ2) is 13.6. The molecule has 5 nitrogen and oxygen atoms in total. The smallest absolute Gasteiger partial charge is 0.326 e. The molecule has 0 aromatic carbocycles. The molecule has 1 heterocycles. The molecule has 1 aliphatic rings. The molecule has 180 valence electrons. The third-order valence-electron chi connectivity index (χ3n) is 7.61. The Morgan fingerprint density at radius 1 is 0.667 bits per heavy atom. The molecule has 0 bridgehead atoms. The zero-order valence-electron chi connectivity index (χ0n) is 21.5. The van der Waals surface area contributed by atoms with E-state index in [2.05, 4.69) is 69.2 Å². The van der Waals surface area contributed by atoms with E-state index in [0.717, 1.165) is 32.1 Å². The van der Waals surface area contributed by atoms with E-state index >= 15 is 0 Å². The van der Waals surface area contributed by atoms with Crippen LogP contribution in [0.15, 0.2) is 0 Å². The lowest BCUT2D eigenvalue weighted by atomic mass is 10.4. The minimum Gasteiger partial charge on any atom is -0.425 e. The summed E-state index contributed by atoms with van der Waals surface area (Å²) < 4.78 is 34.2. The first-order chi connectivity index (χ1) is 14.2. The second-order valence-corrected chi connectivity index (χ2v) is 24.5. The molecule has 0 aromatic heterocycles. The lowest BCUT2D eigenvalue weighted by Gasteiger charge is -2.52. The summed E-state index contributed by atoms with van der Waals surface area (Å²) in [5.41, 5.74) is 2.16. The average Bonchev–Trinajstić information content (AvgIpc) is 2.78. The molecule has 30 heavy (non-hydrogen) atoms. The molecule has 1 fully saturated rings. The van der Waals surface area contributed by atoms with Crippen LogP contribution in [0.5, 0.6) is 0 Å². The molecule has 0 N–H and O–H groups in total. The molecule has 1 saturated heterocycles. The lowest BCUT2D eigenvalue weighted by Crippen LogP contribution is -2.65. The van der Waals surface area contributed by atoms with E-state index in [1.807, 2.05) is 0 Å². The maximum Gasteiger partial charge on any atom is 0.326 e. The van der Waals surface area contributed by atoms with Crippen LogP contribution in [0, 0.1) is 0 Å². The highest BCUT2D eigenvalue weighted by Crippen LogP contribution is 2.48. The summed E-state index contributed by atoms with van der Waals surface area (Å²) in [7, 11) is -9.16. The van der Waals surface area contributed by atoms with Gasteiger partial charge in [0.2, 0.25) is 0 Å². The largest absolute Gasteiger partial charge is 0.425 e. The maximum absolute atomic E-state index is 7.60. The summed E-state index contributed by atoms with van der Waals surface area (Å²) in [5.74, 6) is 0. The van der Waals surface area contributed by atoms with Crippen LogP contribution >= 0.6 is 0 Å². The van der Waals surface area contributed by atoms with Crippen LogP contribution in [0.4, 0.5) is 0 Å². The Kier molecular flexibility index (Phi) is 13.1. The Hall–Kier alpha value is 0.884. The van der Waals surface area contributed by atoms with Crippen LogP contribution in [-0.2, 0) is 20.6 Å². The van der Waals surface area contributed by atoms with Gasteiger partial charge in [0.25, 0.3) is 20.0 Å². The SMILES string of the molecule is CCC(C)[SiH]1O[SiH2]O[SiH2]O[Si](C(C)CC)(C(C)CC)O[Si](C(C)CC)(C(C)CC)O1. The quantitative estimate of drug-likeness (QED) is 0.379. The molecule has 1 rings (SSSR count). The topological polar surface area (TPSA) is 46.2 Å². The van der Waals surface area contributed by atoms with Gasteiger partial charge in [-0.1, -0.05) is 101 Å². The van der Waals surface area contributed by atoms with Crippen LogP contribution < -0.4 is 0 Å². The van der Waals surface area contributed by atoms with Crippen LogP contribution in [0.3, 0.4) is 0 Å². The van der Waals surface area contributed by atoms with Gasteiger partial charge in [-0.05, 0) is 27.7 Å². The van der Waals surface area contributed by atoms with Crippen LogP contribution in [0.2, 0.25) is 27.7 Å². The van der Waals surface area contributed by atoms with Crippen molar-refractivity contribution in [2.45, 2.75) is 129 Å². The highest BCUT2D eigenvalue weighted by atomic mass is 28.5. The molecule has 0 spiro atoms. The molecular weight excluding hydrogens is 461 g/mol. The summed E-state index contributed by atoms with van der Waals surface area (Å²) in [6, 6.07) is 0. The number of hydrogen-bond donors (Lipinski definition) is 0. The lowest BCUT2D eigenvalue weighted by molar-refractivity contribution is 0.228. The van der Waals surface area contributed by atoms with Gasteiger partial charge < -0.3 is 20.6 Å². The Morgan fingerprint density at radius 2 is 1.13 bits per heavy atom. The molecule has 0 aliphatic carbocycles. The van der Waals surface area contributed by atoms with Gasteiger partial charge in [0.15, 0.2) is 0 Å². The van der Waals surface area contributed by atoms with Crippen molar-refractivity contribution in [2.24, 2.45) is 0 Å². The fraction of sp³-hybridized carbons (Fsp3) is 1.00. The molecule has 6 atom stereocenters. The van der Waals surface area contributed by atoms with Gasteiger partial charge in [0.05, 0.1) is 0 Å². The zero-order valence-corrected chi connectivity index (χ0v) is 27.4. The molecule has 0 radical (unpaired) electrons. The van der Waals surface area contributed by atoms with Gasteiger partial charge in [0.1, 0.15) is 0 Å². The van der Waals surface area contributed by atoms with Gasteiger partial charge in [-0.25, -0.2) is 0 Å². The van der Waals surface area contributed by atoms with Crippen molar-refractivity contribution in [1.29, 1.82) is 0 Å². The molecular formula is C20H50O5Si5. The standard InChI is InChI=1S/C20H50O5Si5/c1-11-16(6)28-22-26-21-27-23-29(17(7)12-2,18(8)13-3)25-30(24-28,19(9)14-4)20(10)15-5/h16-20,28H,11-15,26-27H2,1-10H3. The van der Waals surface area contributed by atoms with Gasteiger partial charge in [-0.15, -0.1) is 0 Å². The predicted molar refractivity (Wildman–Crippen MR) is 140 cm³/mol. The van der Waals surface area contributed by atoms with Gasteiger partial charge in [-0.3, -0.25) is 0 Å². The third-order valence-corrected chi connectivity index (χ3v) is 26.6. The van der Waals surface area contributed by atoms with Crippen molar-refractivity contribution >= 4 is 46.4 Å². The first-order valence-corrected chi connectivity index (χ1v) is 20.3. The summed E-state index contributed by atoms with van der Waals surface area (Å²) in [5, 5.41) is 0. The molecule has 0 aromatic rings. The van der Waals surface area contributed by atoms with Crippen molar-refractivity contribution < 1.29 is 20.6 Å². The minimum absolute atomic E-state index is 0.419. The Labute approximate surface area is 195 Å². The summed E-state index contributed by atoms with van der Waals surface area (Å²) in [6.45, 7) is 23.1. The van der Waals surface area contributed by atoms with Crippen molar-refractivity contribution in [3.8, 4) is 0 Å². The van der Waals surface area contributed by atoms with E-state index in [0.29, 0.717) is 27.7 Å². The van der Waals surface area contributed by atoms with E-state index in [-0.39, 0.29) is 0 Å². The highest BCUT2D eigenvalue weighted by Gasteiger charge is 2.59. The first kappa shape index (κ1) is 28.9. The Bertz CT molecular complexity index is 467. The summed E-state index contributed by atoms with van der Waals surface area (Å²) >= 11 is 0. The molecule has 0 amide bonds. The molecule has 0 saturated carbocycles. The Morgan fingerprint density at radius 3 is 1.57 bits per heavy atom. The fourth-order valence-corrected chi connectivity index (χ4v) is 28.1. The minimum atomic E-state index is -2.60. The maximum atomic E-state index is 7.60. The molecule has 10 heteroatoms. The van der Waals surface area contributed by atoms with E-state index < -0.39 is 46.4 Å². The normalized spacial score (nSPS) is 35.6. The average molecular weight is 511 g/mol. The first-order valence-electron chi connectivity index (χ1n) is 12.4. The predicted octanol–water partition coefficient (Wildman–Crippen LogP) is 5.19. The third kappa shape index (κ3) is 6.48. The van der Waals surface area contributed by atoms with E-state index in [1.54, 1.807) is 0 Å². The zero-order chi connectivity index (χ0) is 22.9. The number of hydrogen-bond acceptors (Lipinski definition) is 5. The van der Waals surface area contributed by atoms with Crippen molar-refractivity contribution in [1.82, 2.24) is 0 Å². The number of rotatable bonds is 10. The highest BCUT2D eigenvalue weighted by molar-refractivity contribution is 6.88. The Balaban J connectivity index is 3.66. The van der Waals surface area contributed by atoms with Crippen LogP contribution in [0.25, 0.3) is 0 Å². The van der Waals surface area contributed by atoms with Gasteiger partial charge in [0, 0.05) is 0 Å². The summed E-state index contributed by atoms with van der Waals surface area (Å²) in [6.07, 6.45) is 5.40. The van der Waals surface area contributed by atoms with E-state index in [1.165, 1.54) is 0 Å². The molecule has 6 unspecified atom stereocenters.